The summed E-state index contributed by atoms with van der Waals surface area (Å²) in [5.74, 6) is -1.97. The predicted molar refractivity (Wildman–Crippen MR) is 125 cm³/mol. The molecule has 9 heteroatoms. The molecule has 0 spiro atoms. The van der Waals surface area contributed by atoms with Crippen molar-refractivity contribution in [1.82, 2.24) is 10.6 Å². The van der Waals surface area contributed by atoms with Crippen molar-refractivity contribution in [3.8, 4) is 11.1 Å². The Hall–Kier alpha value is -3.36. The number of carbonyl (C=O) groups is 3. The summed E-state index contributed by atoms with van der Waals surface area (Å²) in [6, 6.07) is 18.1. The molecule has 1 aliphatic rings. The molecule has 2 aromatic carbocycles. The number of amides is 2. The van der Waals surface area contributed by atoms with E-state index in [1.165, 1.54) is 11.3 Å². The standard InChI is InChI=1S/C24H21ClN2O5S/c25-21-10-9-14(33-21)12-26-23(30)20(11-22(28)29)27-24(31)32-13-19-17-7-3-1-5-15(17)16-6-2-4-8-18(16)19/h1-10,19-20H,11-13H2,(H,26,30)(H,27,31)(H,28,29). The van der Waals surface area contributed by atoms with E-state index in [2.05, 4.69) is 10.6 Å². The highest BCUT2D eigenvalue weighted by Crippen LogP contribution is 2.44. The zero-order chi connectivity index (χ0) is 23.4. The monoisotopic (exact) mass is 484 g/mol. The first kappa shape index (κ1) is 22.8. The molecule has 1 unspecified atom stereocenters. The fourth-order valence-corrected chi connectivity index (χ4v) is 4.94. The van der Waals surface area contributed by atoms with Gasteiger partial charge in [0.25, 0.3) is 0 Å². The highest BCUT2D eigenvalue weighted by molar-refractivity contribution is 7.16. The normalized spacial score (nSPS) is 13.0. The number of thiophene rings is 1. The van der Waals surface area contributed by atoms with Gasteiger partial charge in [0.1, 0.15) is 12.6 Å². The van der Waals surface area contributed by atoms with Crippen molar-refractivity contribution in [3.05, 3.63) is 81.0 Å². The zero-order valence-electron chi connectivity index (χ0n) is 17.4. The van der Waals surface area contributed by atoms with E-state index in [9.17, 15) is 14.4 Å². The summed E-state index contributed by atoms with van der Waals surface area (Å²) in [5, 5.41) is 14.2. The number of alkyl carbamates (subject to hydrolysis) is 1. The van der Waals surface area contributed by atoms with Crippen LogP contribution in [0.3, 0.4) is 0 Å². The first-order valence-electron chi connectivity index (χ1n) is 10.3. The fraction of sp³-hybridized carbons (Fsp3) is 0.208. The maximum atomic E-state index is 12.5. The van der Waals surface area contributed by atoms with Crippen molar-refractivity contribution in [2.24, 2.45) is 0 Å². The van der Waals surface area contributed by atoms with Crippen LogP contribution in [0.4, 0.5) is 4.79 Å². The SMILES string of the molecule is O=C(O)CC(NC(=O)OCC1c2ccccc2-c2ccccc21)C(=O)NCc1ccc(Cl)s1. The molecule has 0 bridgehead atoms. The van der Waals surface area contributed by atoms with Crippen LogP contribution in [-0.2, 0) is 20.9 Å². The molecule has 1 aliphatic carbocycles. The maximum absolute atomic E-state index is 12.5. The molecule has 3 N–H and O–H groups in total. The third-order valence-corrected chi connectivity index (χ3v) is 6.63. The number of aliphatic carboxylic acids is 1. The second-order valence-corrected chi connectivity index (χ2v) is 9.34. The predicted octanol–water partition coefficient (Wildman–Crippen LogP) is 4.40. The molecule has 170 valence electrons. The molecule has 2 amide bonds. The minimum absolute atomic E-state index is 0.0644. The van der Waals surface area contributed by atoms with Crippen molar-refractivity contribution in [2.45, 2.75) is 24.9 Å². The third kappa shape index (κ3) is 5.35. The molecular formula is C24H21ClN2O5S. The van der Waals surface area contributed by atoms with Gasteiger partial charge in [-0.1, -0.05) is 60.1 Å². The van der Waals surface area contributed by atoms with Gasteiger partial charge in [-0.15, -0.1) is 11.3 Å². The van der Waals surface area contributed by atoms with Crippen molar-refractivity contribution in [3.63, 3.8) is 0 Å². The number of fused-ring (bicyclic) bond motifs is 3. The number of rotatable bonds is 8. The molecule has 33 heavy (non-hydrogen) atoms. The number of benzene rings is 2. The summed E-state index contributed by atoms with van der Waals surface area (Å²) in [5.41, 5.74) is 4.31. The van der Waals surface area contributed by atoms with Crippen LogP contribution in [0.15, 0.2) is 60.7 Å². The summed E-state index contributed by atoms with van der Waals surface area (Å²) in [6.07, 6.45) is -1.42. The second-order valence-electron chi connectivity index (χ2n) is 7.54. The summed E-state index contributed by atoms with van der Waals surface area (Å²) in [7, 11) is 0. The van der Waals surface area contributed by atoms with Gasteiger partial charge in [-0.2, -0.15) is 0 Å². The Labute approximate surface area is 199 Å². The average molecular weight is 485 g/mol. The van der Waals surface area contributed by atoms with Crippen LogP contribution in [-0.4, -0.2) is 35.7 Å². The highest BCUT2D eigenvalue weighted by Gasteiger charge is 2.30. The maximum Gasteiger partial charge on any atom is 0.407 e. The molecule has 0 radical (unpaired) electrons. The number of halogens is 1. The molecule has 7 nitrogen and oxygen atoms in total. The fourth-order valence-electron chi connectivity index (χ4n) is 3.91. The third-order valence-electron chi connectivity index (χ3n) is 5.40. The van der Waals surface area contributed by atoms with Crippen molar-refractivity contribution >= 4 is 40.9 Å². The molecule has 1 atom stereocenters. The zero-order valence-corrected chi connectivity index (χ0v) is 19.0. The van der Waals surface area contributed by atoms with Gasteiger partial charge in [-0.05, 0) is 34.4 Å². The lowest BCUT2D eigenvalue weighted by Gasteiger charge is -2.18. The largest absolute Gasteiger partial charge is 0.481 e. The Morgan fingerprint density at radius 3 is 2.21 bits per heavy atom. The second kappa shape index (κ2) is 10.1. The van der Waals surface area contributed by atoms with Gasteiger partial charge < -0.3 is 20.5 Å². The molecule has 0 fully saturated rings. The van der Waals surface area contributed by atoms with Crippen LogP contribution in [0.1, 0.15) is 28.3 Å². The Kier molecular flexibility index (Phi) is 6.96. The van der Waals surface area contributed by atoms with E-state index in [-0.39, 0.29) is 19.1 Å². The Bertz CT molecular complexity index is 1150. The van der Waals surface area contributed by atoms with E-state index in [0.717, 1.165) is 27.1 Å². The molecule has 1 aromatic heterocycles. The van der Waals surface area contributed by atoms with Crippen molar-refractivity contribution in [2.75, 3.05) is 6.61 Å². The van der Waals surface area contributed by atoms with E-state index in [1.807, 2.05) is 48.5 Å². The summed E-state index contributed by atoms with van der Waals surface area (Å²) >= 11 is 7.18. The molecule has 0 aliphatic heterocycles. The molecular weight excluding hydrogens is 464 g/mol. The van der Waals surface area contributed by atoms with E-state index in [1.54, 1.807) is 12.1 Å². The lowest BCUT2D eigenvalue weighted by Crippen LogP contribution is -2.47. The Balaban J connectivity index is 1.38. The minimum Gasteiger partial charge on any atom is -0.481 e. The molecule has 0 saturated heterocycles. The van der Waals surface area contributed by atoms with Crippen LogP contribution in [0, 0.1) is 0 Å². The Morgan fingerprint density at radius 1 is 1.00 bits per heavy atom. The van der Waals surface area contributed by atoms with Gasteiger partial charge >= 0.3 is 12.1 Å². The van der Waals surface area contributed by atoms with Crippen LogP contribution in [0.25, 0.3) is 11.1 Å². The molecule has 0 saturated carbocycles. The van der Waals surface area contributed by atoms with E-state index >= 15 is 0 Å². The van der Waals surface area contributed by atoms with Gasteiger partial charge in [0, 0.05) is 10.8 Å². The Morgan fingerprint density at radius 2 is 1.64 bits per heavy atom. The molecule has 3 aromatic rings. The van der Waals surface area contributed by atoms with Gasteiger partial charge in [-0.3, -0.25) is 9.59 Å². The summed E-state index contributed by atoms with van der Waals surface area (Å²) in [6.45, 7) is 0.244. The molecule has 1 heterocycles. The van der Waals surface area contributed by atoms with Gasteiger partial charge in [-0.25, -0.2) is 4.79 Å². The first-order valence-corrected chi connectivity index (χ1v) is 11.5. The van der Waals surface area contributed by atoms with Crippen molar-refractivity contribution in [1.29, 1.82) is 0 Å². The minimum atomic E-state index is -1.27. The average Bonchev–Trinajstić information content (AvgIpc) is 3.36. The van der Waals surface area contributed by atoms with Crippen LogP contribution < -0.4 is 10.6 Å². The number of ether oxygens (including phenoxy) is 1. The van der Waals surface area contributed by atoms with Gasteiger partial charge in [0.05, 0.1) is 17.3 Å². The first-order chi connectivity index (χ1) is 15.9. The van der Waals surface area contributed by atoms with Gasteiger partial charge in [0.15, 0.2) is 0 Å². The number of nitrogens with one attached hydrogen (secondary N) is 2. The summed E-state index contributed by atoms with van der Waals surface area (Å²) < 4.78 is 6.01. The van der Waals surface area contributed by atoms with Gasteiger partial charge in [0.2, 0.25) is 5.91 Å². The van der Waals surface area contributed by atoms with Crippen LogP contribution in [0.5, 0.6) is 0 Å². The number of hydrogen-bond acceptors (Lipinski definition) is 5. The number of hydrogen-bond donors (Lipinski definition) is 3. The highest BCUT2D eigenvalue weighted by atomic mass is 35.5. The topological polar surface area (TPSA) is 105 Å². The van der Waals surface area contributed by atoms with E-state index in [4.69, 9.17) is 21.4 Å². The number of carboxylic acid groups (broad SMARTS) is 1. The number of carboxylic acids is 1. The smallest absolute Gasteiger partial charge is 0.407 e. The quantitative estimate of drug-likeness (QED) is 0.439. The van der Waals surface area contributed by atoms with Crippen LogP contribution >= 0.6 is 22.9 Å². The van der Waals surface area contributed by atoms with Crippen molar-refractivity contribution < 1.29 is 24.2 Å². The van der Waals surface area contributed by atoms with Crippen LogP contribution in [0.2, 0.25) is 4.34 Å². The summed E-state index contributed by atoms with van der Waals surface area (Å²) in [4.78, 5) is 37.0. The van der Waals surface area contributed by atoms with E-state index in [0.29, 0.717) is 4.34 Å². The lowest BCUT2D eigenvalue weighted by molar-refractivity contribution is -0.139. The molecule has 4 rings (SSSR count). The van der Waals surface area contributed by atoms with E-state index < -0.39 is 30.4 Å². The number of carbonyl (C=O) groups excluding carboxylic acids is 2. The lowest BCUT2D eigenvalue weighted by atomic mass is 9.98.